The third-order valence-electron chi connectivity index (χ3n) is 6.05. The van der Waals surface area contributed by atoms with Crippen molar-refractivity contribution >= 4 is 11.4 Å². The molecule has 0 aliphatic heterocycles. The molecule has 4 rings (SSSR count). The number of phenolic OH excluding ortho intramolecular Hbond substituents is 1. The van der Waals surface area contributed by atoms with E-state index in [4.69, 9.17) is 9.15 Å². The van der Waals surface area contributed by atoms with Crippen molar-refractivity contribution in [3.05, 3.63) is 54.2 Å². The molecule has 2 aromatic carbocycles. The smallest absolute Gasteiger partial charge is 0.226 e. The summed E-state index contributed by atoms with van der Waals surface area (Å²) in [4.78, 5) is 8.90. The van der Waals surface area contributed by atoms with E-state index in [2.05, 4.69) is 30.7 Å². The molecule has 0 unspecified atom stereocenters. The zero-order valence-corrected chi connectivity index (χ0v) is 23.7. The number of phenols is 1. The molecule has 0 saturated heterocycles. The van der Waals surface area contributed by atoms with Crippen LogP contribution in [-0.4, -0.2) is 29.0 Å². The van der Waals surface area contributed by atoms with E-state index in [1.54, 1.807) is 30.5 Å². The van der Waals surface area contributed by atoms with Crippen LogP contribution in [-0.2, 0) is 4.74 Å². The first-order valence-electron chi connectivity index (χ1n) is 13.8. The zero-order valence-electron chi connectivity index (χ0n) is 23.7. The molecule has 1 saturated carbocycles. The monoisotopic (exact) mass is 506 g/mol. The molecule has 0 radical (unpaired) electrons. The second-order valence-electron chi connectivity index (χ2n) is 9.99. The Morgan fingerprint density at radius 3 is 2.14 bits per heavy atom. The number of nitrogens with zero attached hydrogens (tertiary/aromatic N) is 2. The normalized spacial score (nSPS) is 13.1. The van der Waals surface area contributed by atoms with Gasteiger partial charge >= 0.3 is 0 Å². The lowest BCUT2D eigenvalue weighted by atomic mass is 9.91. The zero-order chi connectivity index (χ0) is 27.0. The molecule has 1 heterocycles. The lowest BCUT2D eigenvalue weighted by Crippen LogP contribution is -1.99. The van der Waals surface area contributed by atoms with Gasteiger partial charge in [0.1, 0.15) is 5.75 Å². The van der Waals surface area contributed by atoms with Gasteiger partial charge in [0.15, 0.2) is 5.76 Å². The van der Waals surface area contributed by atoms with Crippen LogP contribution in [0.1, 0.15) is 85.1 Å². The number of aromatic nitrogens is 1. The Morgan fingerprint density at radius 2 is 1.59 bits per heavy atom. The van der Waals surface area contributed by atoms with Gasteiger partial charge < -0.3 is 14.3 Å². The van der Waals surface area contributed by atoms with Crippen molar-refractivity contribution in [2.24, 2.45) is 10.9 Å². The van der Waals surface area contributed by atoms with Gasteiger partial charge in [-0.25, -0.2) is 4.98 Å². The molecule has 202 valence electrons. The molecule has 1 aliphatic rings. The summed E-state index contributed by atoms with van der Waals surface area (Å²) >= 11 is 0. The molecule has 1 fully saturated rings. The van der Waals surface area contributed by atoms with Crippen LogP contribution in [0, 0.1) is 12.8 Å². The first-order valence-corrected chi connectivity index (χ1v) is 13.8. The first-order chi connectivity index (χ1) is 17.8. The standard InChI is InChI=1S/C19H18N2O2.C7H14.C6H14O/c1-12(2)21-17-10-15(5-4-13(17)3)19-20-11-18(23-19)14-6-8-16(22)9-7-14;1-7-5-3-2-4-6-7;1-3-5-7-6-4-2/h4-11,22H,1-3H3;7H,2-6H2,1H3;3-6H2,1-2H3. The predicted octanol–water partition coefficient (Wildman–Crippen LogP) is 9.54. The van der Waals surface area contributed by atoms with Crippen LogP contribution in [0.5, 0.6) is 5.75 Å². The number of oxazole rings is 1. The highest BCUT2D eigenvalue weighted by molar-refractivity contribution is 5.83. The minimum atomic E-state index is 0.226. The summed E-state index contributed by atoms with van der Waals surface area (Å²) in [6, 6.07) is 12.8. The average Bonchev–Trinajstić information content (AvgIpc) is 3.38. The summed E-state index contributed by atoms with van der Waals surface area (Å²) < 4.78 is 11.0. The summed E-state index contributed by atoms with van der Waals surface area (Å²) in [5, 5.41) is 9.36. The van der Waals surface area contributed by atoms with Gasteiger partial charge in [0.2, 0.25) is 5.89 Å². The second kappa shape index (κ2) is 16.8. The van der Waals surface area contributed by atoms with Crippen LogP contribution in [0.4, 0.5) is 5.69 Å². The van der Waals surface area contributed by atoms with Crippen LogP contribution >= 0.6 is 0 Å². The molecule has 37 heavy (non-hydrogen) atoms. The Balaban J connectivity index is 0.000000281. The molecular weight excluding hydrogens is 460 g/mol. The highest BCUT2D eigenvalue weighted by atomic mass is 16.5. The van der Waals surface area contributed by atoms with Crippen molar-refractivity contribution in [3.63, 3.8) is 0 Å². The van der Waals surface area contributed by atoms with Crippen molar-refractivity contribution in [1.82, 2.24) is 4.98 Å². The van der Waals surface area contributed by atoms with Gasteiger partial charge in [-0.3, -0.25) is 4.99 Å². The molecule has 5 heteroatoms. The second-order valence-corrected chi connectivity index (χ2v) is 9.99. The number of rotatable bonds is 7. The van der Waals surface area contributed by atoms with Crippen molar-refractivity contribution in [2.75, 3.05) is 13.2 Å². The van der Waals surface area contributed by atoms with E-state index >= 15 is 0 Å². The van der Waals surface area contributed by atoms with Crippen molar-refractivity contribution in [3.8, 4) is 28.5 Å². The minimum Gasteiger partial charge on any atom is -0.508 e. The number of ether oxygens (including phenoxy) is 1. The number of aliphatic imine (C=N–C) groups is 1. The van der Waals surface area contributed by atoms with Crippen LogP contribution in [0.3, 0.4) is 0 Å². The molecule has 1 aliphatic carbocycles. The SMILES string of the molecule is CC(C)=Nc1cc(-c2ncc(-c3ccc(O)cc3)o2)ccc1C.CC1CCCCC1.CCCOCCC. The fourth-order valence-electron chi connectivity index (χ4n) is 3.97. The van der Waals surface area contributed by atoms with E-state index in [0.717, 1.165) is 60.1 Å². The maximum Gasteiger partial charge on any atom is 0.226 e. The lowest BCUT2D eigenvalue weighted by Gasteiger charge is -2.15. The number of aromatic hydroxyl groups is 1. The van der Waals surface area contributed by atoms with Gasteiger partial charge in [-0.1, -0.05) is 58.9 Å². The third-order valence-corrected chi connectivity index (χ3v) is 6.05. The predicted molar refractivity (Wildman–Crippen MR) is 156 cm³/mol. The molecule has 0 spiro atoms. The summed E-state index contributed by atoms with van der Waals surface area (Å²) in [6.45, 7) is 14.4. The van der Waals surface area contributed by atoms with E-state index in [1.165, 1.54) is 32.1 Å². The van der Waals surface area contributed by atoms with Gasteiger partial charge in [0, 0.05) is 30.1 Å². The first kappa shape index (κ1) is 30.3. The van der Waals surface area contributed by atoms with Gasteiger partial charge in [-0.05, 0) is 81.5 Å². The van der Waals surface area contributed by atoms with Crippen molar-refractivity contribution < 1.29 is 14.3 Å². The molecule has 1 aromatic heterocycles. The summed E-state index contributed by atoms with van der Waals surface area (Å²) in [6.07, 6.45) is 11.4. The van der Waals surface area contributed by atoms with Crippen LogP contribution < -0.4 is 0 Å². The van der Waals surface area contributed by atoms with E-state index in [1.807, 2.05) is 39.0 Å². The quantitative estimate of drug-likeness (QED) is 0.256. The van der Waals surface area contributed by atoms with Crippen LogP contribution in [0.2, 0.25) is 0 Å². The van der Waals surface area contributed by atoms with E-state index < -0.39 is 0 Å². The summed E-state index contributed by atoms with van der Waals surface area (Å²) in [5.41, 5.74) is 4.80. The van der Waals surface area contributed by atoms with Gasteiger partial charge in [0.05, 0.1) is 11.9 Å². The number of benzene rings is 2. The van der Waals surface area contributed by atoms with Crippen LogP contribution in [0.15, 0.2) is 58.1 Å². The van der Waals surface area contributed by atoms with Gasteiger partial charge in [-0.15, -0.1) is 0 Å². The maximum atomic E-state index is 9.36. The highest BCUT2D eigenvalue weighted by Crippen LogP contribution is 2.30. The molecule has 0 amide bonds. The fourth-order valence-corrected chi connectivity index (χ4v) is 3.97. The highest BCUT2D eigenvalue weighted by Gasteiger charge is 2.10. The topological polar surface area (TPSA) is 67.9 Å². The van der Waals surface area contributed by atoms with Crippen molar-refractivity contribution in [2.45, 2.75) is 86.5 Å². The molecule has 5 nitrogen and oxygen atoms in total. The van der Waals surface area contributed by atoms with E-state index in [9.17, 15) is 5.11 Å². The van der Waals surface area contributed by atoms with Crippen molar-refractivity contribution in [1.29, 1.82) is 0 Å². The van der Waals surface area contributed by atoms with E-state index in [-0.39, 0.29) is 5.75 Å². The largest absolute Gasteiger partial charge is 0.508 e. The molecule has 0 bridgehead atoms. The number of hydrogen-bond donors (Lipinski definition) is 1. The Bertz CT molecular complexity index is 1060. The Labute approximate surface area is 224 Å². The third kappa shape index (κ3) is 11.3. The Morgan fingerprint density at radius 1 is 0.973 bits per heavy atom. The van der Waals surface area contributed by atoms with E-state index in [0.29, 0.717) is 11.7 Å². The molecule has 3 aromatic rings. The average molecular weight is 507 g/mol. The molecular formula is C32H46N2O3. The molecule has 0 atom stereocenters. The fraction of sp³-hybridized carbons (Fsp3) is 0.500. The van der Waals surface area contributed by atoms with Gasteiger partial charge in [0.25, 0.3) is 0 Å². The summed E-state index contributed by atoms with van der Waals surface area (Å²) in [5.74, 6) is 2.48. The molecule has 1 N–H and O–H groups in total. The summed E-state index contributed by atoms with van der Waals surface area (Å²) in [7, 11) is 0. The minimum absolute atomic E-state index is 0.226. The van der Waals surface area contributed by atoms with Gasteiger partial charge in [-0.2, -0.15) is 0 Å². The van der Waals surface area contributed by atoms with Crippen LogP contribution in [0.25, 0.3) is 22.8 Å². The maximum absolute atomic E-state index is 9.36. The Hall–Kier alpha value is -2.92. The lowest BCUT2D eigenvalue weighted by molar-refractivity contribution is 0.135. The number of hydrogen-bond acceptors (Lipinski definition) is 5. The Kier molecular flexibility index (Phi) is 13.7. The number of aryl methyl sites for hydroxylation is 1.